The maximum absolute atomic E-state index is 12.9. The van der Waals surface area contributed by atoms with Crippen LogP contribution >= 0.6 is 34.8 Å². The zero-order valence-electron chi connectivity index (χ0n) is 17.7. The van der Waals surface area contributed by atoms with Gasteiger partial charge in [0.15, 0.2) is 0 Å². The van der Waals surface area contributed by atoms with Crippen LogP contribution in [0.3, 0.4) is 0 Å². The minimum atomic E-state index is -0.570. The maximum Gasteiger partial charge on any atom is 0.266 e. The highest BCUT2D eigenvalue weighted by Gasteiger charge is 2.15. The lowest BCUT2D eigenvalue weighted by molar-refractivity contribution is -0.112. The fourth-order valence-electron chi connectivity index (χ4n) is 3.39. The van der Waals surface area contributed by atoms with Crippen molar-refractivity contribution in [1.29, 1.82) is 5.26 Å². The van der Waals surface area contributed by atoms with Crippen molar-refractivity contribution >= 4 is 63.2 Å². The number of rotatable bonds is 6. The monoisotopic (exact) mass is 506 g/mol. The van der Waals surface area contributed by atoms with Crippen LogP contribution in [0, 0.1) is 11.3 Å². The second kappa shape index (κ2) is 10.6. The summed E-state index contributed by atoms with van der Waals surface area (Å²) in [7, 11) is 0. The quantitative estimate of drug-likeness (QED) is 0.213. The third kappa shape index (κ3) is 5.35. The Balaban J connectivity index is 1.70. The lowest BCUT2D eigenvalue weighted by atomic mass is 10.0. The van der Waals surface area contributed by atoms with Gasteiger partial charge in [-0.1, -0.05) is 83.3 Å². The molecule has 0 saturated heterocycles. The standard InChI is InChI=1S/C27H17Cl3N2O2/c28-22-11-9-17(13-24(22)30)16-34-26-12-10-18-5-1-2-6-20(18)21(26)14-19(15-31)27(33)32-25-8-4-3-7-23(25)29/h1-14H,16H2,(H,32,33)/b19-14+. The molecule has 0 spiro atoms. The number of halogens is 3. The molecule has 7 heteroatoms. The van der Waals surface area contributed by atoms with Gasteiger partial charge in [-0.15, -0.1) is 0 Å². The predicted molar refractivity (Wildman–Crippen MR) is 138 cm³/mol. The molecule has 4 rings (SSSR count). The summed E-state index contributed by atoms with van der Waals surface area (Å²) in [5, 5.41) is 15.5. The fourth-order valence-corrected chi connectivity index (χ4v) is 3.89. The van der Waals surface area contributed by atoms with Gasteiger partial charge < -0.3 is 10.1 Å². The van der Waals surface area contributed by atoms with Crippen molar-refractivity contribution in [3.8, 4) is 11.8 Å². The molecule has 0 saturated carbocycles. The van der Waals surface area contributed by atoms with Gasteiger partial charge in [-0.3, -0.25) is 4.79 Å². The van der Waals surface area contributed by atoms with Gasteiger partial charge in [0, 0.05) is 5.56 Å². The number of amides is 1. The van der Waals surface area contributed by atoms with E-state index in [2.05, 4.69) is 5.32 Å². The Bertz CT molecular complexity index is 1460. The number of ether oxygens (including phenoxy) is 1. The van der Waals surface area contributed by atoms with Gasteiger partial charge in [0.1, 0.15) is 24.0 Å². The topological polar surface area (TPSA) is 62.1 Å². The Labute approximate surface area is 211 Å². The number of carbonyl (C=O) groups excluding carboxylic acids is 1. The van der Waals surface area contributed by atoms with Crippen LogP contribution in [-0.2, 0) is 11.4 Å². The number of anilines is 1. The normalized spacial score (nSPS) is 11.2. The number of benzene rings is 4. The molecule has 0 aliphatic heterocycles. The van der Waals surface area contributed by atoms with E-state index in [-0.39, 0.29) is 12.2 Å². The molecule has 0 aliphatic rings. The first-order valence-corrected chi connectivity index (χ1v) is 11.4. The van der Waals surface area contributed by atoms with Crippen molar-refractivity contribution in [3.05, 3.63) is 111 Å². The van der Waals surface area contributed by atoms with Crippen molar-refractivity contribution in [1.82, 2.24) is 0 Å². The molecule has 0 unspecified atom stereocenters. The highest BCUT2D eigenvalue weighted by molar-refractivity contribution is 6.42. The number of carbonyl (C=O) groups is 1. The number of hydrogen-bond donors (Lipinski definition) is 1. The molecule has 1 amide bonds. The summed E-state index contributed by atoms with van der Waals surface area (Å²) in [4.78, 5) is 12.9. The zero-order valence-corrected chi connectivity index (χ0v) is 20.0. The number of para-hydroxylation sites is 1. The number of hydrogen-bond acceptors (Lipinski definition) is 3. The molecule has 4 aromatic carbocycles. The van der Waals surface area contributed by atoms with E-state index in [9.17, 15) is 10.1 Å². The SMILES string of the molecule is N#C/C(=C\c1c(OCc2ccc(Cl)c(Cl)c2)ccc2ccccc12)C(=O)Nc1ccccc1Cl. The van der Waals surface area contributed by atoms with Crippen LogP contribution in [0.5, 0.6) is 5.75 Å². The Morgan fingerprint density at radius 3 is 2.44 bits per heavy atom. The molecule has 4 aromatic rings. The third-order valence-electron chi connectivity index (χ3n) is 5.08. The van der Waals surface area contributed by atoms with Gasteiger partial charge in [-0.25, -0.2) is 0 Å². The van der Waals surface area contributed by atoms with Gasteiger partial charge >= 0.3 is 0 Å². The molecule has 0 radical (unpaired) electrons. The van der Waals surface area contributed by atoms with E-state index in [0.29, 0.717) is 32.1 Å². The number of nitrogens with one attached hydrogen (secondary N) is 1. The lowest BCUT2D eigenvalue weighted by Crippen LogP contribution is -2.13. The van der Waals surface area contributed by atoms with Crippen molar-refractivity contribution < 1.29 is 9.53 Å². The van der Waals surface area contributed by atoms with E-state index in [4.69, 9.17) is 39.5 Å². The first kappa shape index (κ1) is 23.7. The summed E-state index contributed by atoms with van der Waals surface area (Å²) < 4.78 is 6.08. The highest BCUT2D eigenvalue weighted by atomic mass is 35.5. The predicted octanol–water partition coefficient (Wildman–Crippen LogP) is 7.92. The Hall–Kier alpha value is -3.49. The largest absolute Gasteiger partial charge is 0.488 e. The average Bonchev–Trinajstić information content (AvgIpc) is 2.85. The first-order chi connectivity index (χ1) is 16.5. The van der Waals surface area contributed by atoms with Crippen molar-refractivity contribution in [2.45, 2.75) is 6.61 Å². The molecule has 0 atom stereocenters. The van der Waals surface area contributed by atoms with Crippen LogP contribution in [0.1, 0.15) is 11.1 Å². The molecule has 0 bridgehead atoms. The van der Waals surface area contributed by atoms with Gasteiger partial charge in [-0.2, -0.15) is 5.26 Å². The summed E-state index contributed by atoms with van der Waals surface area (Å²) in [6, 6.07) is 25.5. The molecule has 4 nitrogen and oxygen atoms in total. The molecular weight excluding hydrogens is 491 g/mol. The summed E-state index contributed by atoms with van der Waals surface area (Å²) in [5.41, 5.74) is 1.78. The van der Waals surface area contributed by atoms with Gasteiger partial charge in [0.25, 0.3) is 5.91 Å². The Kier molecular flexibility index (Phi) is 7.40. The molecular formula is C27H17Cl3N2O2. The van der Waals surface area contributed by atoms with Crippen LogP contribution in [-0.4, -0.2) is 5.91 Å². The van der Waals surface area contributed by atoms with Crippen LogP contribution in [0.25, 0.3) is 16.8 Å². The molecule has 0 heterocycles. The molecule has 0 fully saturated rings. The second-order valence-electron chi connectivity index (χ2n) is 7.34. The van der Waals surface area contributed by atoms with Gasteiger partial charge in [0.05, 0.1) is 20.8 Å². The van der Waals surface area contributed by atoms with E-state index in [1.54, 1.807) is 36.4 Å². The zero-order chi connectivity index (χ0) is 24.1. The first-order valence-electron chi connectivity index (χ1n) is 10.2. The van der Waals surface area contributed by atoms with E-state index < -0.39 is 5.91 Å². The summed E-state index contributed by atoms with van der Waals surface area (Å²) >= 11 is 18.3. The third-order valence-corrected chi connectivity index (χ3v) is 6.15. The van der Waals surface area contributed by atoms with Crippen LogP contribution in [0.2, 0.25) is 15.1 Å². The number of nitrogens with zero attached hydrogens (tertiary/aromatic N) is 1. The van der Waals surface area contributed by atoms with Crippen LogP contribution in [0.15, 0.2) is 84.4 Å². The molecule has 0 aromatic heterocycles. The Morgan fingerprint density at radius 1 is 0.912 bits per heavy atom. The van der Waals surface area contributed by atoms with E-state index >= 15 is 0 Å². The Morgan fingerprint density at radius 2 is 1.68 bits per heavy atom. The van der Waals surface area contributed by atoms with Crippen LogP contribution in [0.4, 0.5) is 5.69 Å². The second-order valence-corrected chi connectivity index (χ2v) is 8.56. The van der Waals surface area contributed by atoms with Gasteiger partial charge in [0.2, 0.25) is 0 Å². The average molecular weight is 508 g/mol. The smallest absolute Gasteiger partial charge is 0.266 e. The minimum absolute atomic E-state index is 0.0874. The molecule has 34 heavy (non-hydrogen) atoms. The number of nitriles is 1. The highest BCUT2D eigenvalue weighted by Crippen LogP contribution is 2.32. The van der Waals surface area contributed by atoms with E-state index in [0.717, 1.165) is 16.3 Å². The molecule has 0 aliphatic carbocycles. The summed E-state index contributed by atoms with van der Waals surface area (Å²) in [5.74, 6) is -0.0537. The van der Waals surface area contributed by atoms with E-state index in [1.807, 2.05) is 48.5 Å². The fraction of sp³-hybridized carbons (Fsp3) is 0.0370. The minimum Gasteiger partial charge on any atom is -0.488 e. The lowest BCUT2D eigenvalue weighted by Gasteiger charge is -2.13. The number of fused-ring (bicyclic) bond motifs is 1. The van der Waals surface area contributed by atoms with Crippen molar-refractivity contribution in [3.63, 3.8) is 0 Å². The van der Waals surface area contributed by atoms with Crippen molar-refractivity contribution in [2.24, 2.45) is 0 Å². The summed E-state index contributed by atoms with van der Waals surface area (Å²) in [6.07, 6.45) is 1.53. The van der Waals surface area contributed by atoms with Gasteiger partial charge in [-0.05, 0) is 52.7 Å². The van der Waals surface area contributed by atoms with E-state index in [1.165, 1.54) is 6.08 Å². The van der Waals surface area contributed by atoms with Crippen LogP contribution < -0.4 is 10.1 Å². The maximum atomic E-state index is 12.9. The summed E-state index contributed by atoms with van der Waals surface area (Å²) in [6.45, 7) is 0.226. The molecule has 168 valence electrons. The van der Waals surface area contributed by atoms with Crippen molar-refractivity contribution in [2.75, 3.05) is 5.32 Å². The molecule has 1 N–H and O–H groups in total.